The molecule has 0 bridgehead atoms. The van der Waals surface area contributed by atoms with Crippen LogP contribution in [0.25, 0.3) is 33.9 Å². The predicted octanol–water partition coefficient (Wildman–Crippen LogP) is 6.06. The Hall–Kier alpha value is -5.37. The number of imidazole rings is 1. The first kappa shape index (κ1) is 32.1. The number of alkyl halides is 6. The highest BCUT2D eigenvalue weighted by Crippen LogP contribution is 2.44. The molecule has 0 aliphatic carbocycles. The van der Waals surface area contributed by atoms with E-state index in [1.165, 1.54) is 7.11 Å². The van der Waals surface area contributed by atoms with Gasteiger partial charge in [-0.15, -0.1) is 0 Å². The maximum Gasteiger partial charge on any atom is 0.490 e. The van der Waals surface area contributed by atoms with E-state index in [2.05, 4.69) is 26.3 Å². The quantitative estimate of drug-likeness (QED) is 0.168. The maximum absolute atomic E-state index is 10.6. The number of aliphatic carboxylic acids is 2. The van der Waals surface area contributed by atoms with Crippen molar-refractivity contribution in [2.45, 2.75) is 12.4 Å². The van der Waals surface area contributed by atoms with Crippen molar-refractivity contribution >= 4 is 35.0 Å². The summed E-state index contributed by atoms with van der Waals surface area (Å²) >= 11 is 6.47. The number of nitrogens with zero attached hydrogens (tertiary/aromatic N) is 4. The number of ether oxygens (including phenoxy) is 1. The second kappa shape index (κ2) is 12.7. The first-order valence-electron chi connectivity index (χ1n) is 11.2. The Labute approximate surface area is 241 Å². The molecule has 0 radical (unpaired) electrons. The standard InChI is InChI=1S/C21H13ClN6O.2C2HF3O2/c1-29-16-5-4-14(22)17(13(16)9-23)21-27-18-11-6-8-24-10-15(11)26-20-12(19(18)28-21)3-2-7-25-20;2*3-2(4,5)1(6)7/h2-8,10H,1H3,(H,25,26)(H,27,28);2*(H,6,7). The van der Waals surface area contributed by atoms with Gasteiger partial charge in [-0.25, -0.2) is 19.6 Å². The first-order valence-corrected chi connectivity index (χ1v) is 11.6. The lowest BCUT2D eigenvalue weighted by Gasteiger charge is -2.10. The van der Waals surface area contributed by atoms with Crippen LogP contribution in [0.2, 0.25) is 5.02 Å². The summed E-state index contributed by atoms with van der Waals surface area (Å²) in [5, 5.41) is 27.7. The van der Waals surface area contributed by atoms with Crippen molar-refractivity contribution in [1.29, 1.82) is 5.26 Å². The Kier molecular flexibility index (Phi) is 9.46. The number of fused-ring (bicyclic) bond motifs is 5. The zero-order chi connectivity index (χ0) is 32.1. The number of rotatable bonds is 2. The Morgan fingerprint density at radius 1 is 1.00 bits per heavy atom. The van der Waals surface area contributed by atoms with Crippen molar-refractivity contribution < 1.29 is 50.9 Å². The van der Waals surface area contributed by atoms with Gasteiger partial charge in [0.15, 0.2) is 0 Å². The van der Waals surface area contributed by atoms with Crippen LogP contribution in [0.3, 0.4) is 0 Å². The van der Waals surface area contributed by atoms with E-state index in [4.69, 9.17) is 41.1 Å². The zero-order valence-electron chi connectivity index (χ0n) is 21.2. The number of carbonyl (C=O) groups is 2. The van der Waals surface area contributed by atoms with Crippen LogP contribution in [0.5, 0.6) is 5.75 Å². The van der Waals surface area contributed by atoms with Gasteiger partial charge in [-0.2, -0.15) is 31.6 Å². The topological polar surface area (TPSA) is 174 Å². The Morgan fingerprint density at radius 2 is 1.63 bits per heavy atom. The zero-order valence-corrected chi connectivity index (χ0v) is 21.9. The van der Waals surface area contributed by atoms with Crippen LogP contribution in [0.15, 0.2) is 48.9 Å². The van der Waals surface area contributed by atoms with Crippen LogP contribution in [0, 0.1) is 11.3 Å². The molecule has 0 amide bonds. The number of anilines is 2. The van der Waals surface area contributed by atoms with E-state index in [1.807, 2.05) is 18.2 Å². The van der Waals surface area contributed by atoms with Crippen molar-refractivity contribution in [3.05, 3.63) is 59.5 Å². The molecule has 5 rings (SSSR count). The summed E-state index contributed by atoms with van der Waals surface area (Å²) < 4.78 is 68.8. The molecule has 4 aromatic rings. The van der Waals surface area contributed by atoms with Gasteiger partial charge in [0.2, 0.25) is 0 Å². The average molecular weight is 629 g/mol. The third-order valence-corrected chi connectivity index (χ3v) is 5.59. The minimum atomic E-state index is -5.08. The highest BCUT2D eigenvalue weighted by molar-refractivity contribution is 6.33. The van der Waals surface area contributed by atoms with E-state index in [0.717, 1.165) is 22.5 Å². The number of H-pyrrole nitrogens is 1. The summed E-state index contributed by atoms with van der Waals surface area (Å²) in [4.78, 5) is 34.6. The molecule has 1 aliphatic heterocycles. The van der Waals surface area contributed by atoms with Gasteiger partial charge in [-0.1, -0.05) is 11.6 Å². The third kappa shape index (κ3) is 7.29. The molecule has 224 valence electrons. The van der Waals surface area contributed by atoms with Crippen molar-refractivity contribution in [2.75, 3.05) is 12.4 Å². The van der Waals surface area contributed by atoms with E-state index >= 15 is 0 Å². The van der Waals surface area contributed by atoms with E-state index in [1.54, 1.807) is 30.7 Å². The van der Waals surface area contributed by atoms with Crippen LogP contribution in [0.1, 0.15) is 5.56 Å². The molecule has 1 aromatic carbocycles. The number of benzene rings is 1. The molecule has 11 nitrogen and oxygen atoms in total. The average Bonchev–Trinajstić information content (AvgIpc) is 3.32. The number of nitriles is 1. The van der Waals surface area contributed by atoms with Crippen molar-refractivity contribution in [3.63, 3.8) is 0 Å². The highest BCUT2D eigenvalue weighted by atomic mass is 35.5. The van der Waals surface area contributed by atoms with E-state index in [0.29, 0.717) is 39.2 Å². The molecule has 0 unspecified atom stereocenters. The summed E-state index contributed by atoms with van der Waals surface area (Å²) in [5.74, 6) is -3.92. The molecule has 3 aromatic heterocycles. The number of methoxy groups -OCH3 is 1. The second-order valence-corrected chi connectivity index (χ2v) is 8.38. The molecule has 43 heavy (non-hydrogen) atoms. The number of aromatic nitrogens is 4. The lowest BCUT2D eigenvalue weighted by atomic mass is 10.1. The molecule has 18 heteroatoms. The van der Waals surface area contributed by atoms with Gasteiger partial charge in [0.05, 0.1) is 35.3 Å². The molecular weight excluding hydrogens is 614 g/mol. The minimum Gasteiger partial charge on any atom is -0.495 e. The minimum absolute atomic E-state index is 0.323. The lowest BCUT2D eigenvalue weighted by Crippen LogP contribution is -2.21. The molecule has 0 fully saturated rings. The molecule has 4 N–H and O–H groups in total. The molecule has 0 saturated carbocycles. The summed E-state index contributed by atoms with van der Waals surface area (Å²) in [6.45, 7) is 0. The molecule has 0 atom stereocenters. The number of carboxylic acids is 2. The highest BCUT2D eigenvalue weighted by Gasteiger charge is 2.39. The molecule has 0 saturated heterocycles. The van der Waals surface area contributed by atoms with Gasteiger partial charge < -0.3 is 25.3 Å². The van der Waals surface area contributed by atoms with Crippen LogP contribution in [0.4, 0.5) is 37.8 Å². The Balaban J connectivity index is 0.000000303. The summed E-state index contributed by atoms with van der Waals surface area (Å²) in [6, 6.07) is 11.2. The number of hydrogen-bond acceptors (Lipinski definition) is 8. The van der Waals surface area contributed by atoms with Gasteiger partial charge in [0.25, 0.3) is 0 Å². The second-order valence-electron chi connectivity index (χ2n) is 7.97. The van der Waals surface area contributed by atoms with Crippen LogP contribution < -0.4 is 10.1 Å². The first-order chi connectivity index (χ1) is 20.1. The smallest absolute Gasteiger partial charge is 0.490 e. The number of pyridine rings is 2. The molecule has 4 heterocycles. The SMILES string of the molecule is COc1ccc(Cl)c(-c2nc3c([nH]2)-c2ccncc2Nc2ncccc2-3)c1C#N.O=C(O)C(F)(F)F.O=C(O)C(F)(F)F. The van der Waals surface area contributed by atoms with Crippen molar-refractivity contribution in [2.24, 2.45) is 0 Å². The number of halogens is 7. The number of aromatic amines is 1. The Bertz CT molecular complexity index is 1630. The fourth-order valence-corrected chi connectivity index (χ4v) is 3.73. The lowest BCUT2D eigenvalue weighted by molar-refractivity contribution is -0.193. The van der Waals surface area contributed by atoms with E-state index in [-0.39, 0.29) is 0 Å². The summed E-state index contributed by atoms with van der Waals surface area (Å²) in [5.41, 5.74) is 4.85. The summed E-state index contributed by atoms with van der Waals surface area (Å²) in [6.07, 6.45) is -5.00. The van der Waals surface area contributed by atoms with Gasteiger partial charge in [0.1, 0.15) is 34.7 Å². The number of hydrogen-bond donors (Lipinski definition) is 4. The molecular formula is C25H15ClF6N6O5. The Morgan fingerprint density at radius 3 is 2.19 bits per heavy atom. The monoisotopic (exact) mass is 628 g/mol. The fraction of sp³-hybridized carbons (Fsp3) is 0.120. The number of nitrogens with one attached hydrogen (secondary N) is 2. The van der Waals surface area contributed by atoms with Crippen LogP contribution in [-0.4, -0.2) is 61.5 Å². The largest absolute Gasteiger partial charge is 0.495 e. The van der Waals surface area contributed by atoms with Crippen molar-refractivity contribution in [1.82, 2.24) is 19.9 Å². The van der Waals surface area contributed by atoms with Crippen LogP contribution in [-0.2, 0) is 9.59 Å². The predicted molar refractivity (Wildman–Crippen MR) is 137 cm³/mol. The van der Waals surface area contributed by atoms with Crippen molar-refractivity contribution in [3.8, 4) is 45.7 Å². The molecule has 1 aliphatic rings. The van der Waals surface area contributed by atoms with E-state index in [9.17, 15) is 31.6 Å². The number of carboxylic acid groups (broad SMARTS) is 2. The van der Waals surface area contributed by atoms with Gasteiger partial charge in [-0.05, 0) is 30.3 Å². The van der Waals surface area contributed by atoms with Gasteiger partial charge in [-0.3, -0.25) is 4.98 Å². The molecule has 0 spiro atoms. The van der Waals surface area contributed by atoms with Crippen LogP contribution >= 0.6 is 11.6 Å². The fourth-order valence-electron chi connectivity index (χ4n) is 3.49. The normalized spacial score (nSPS) is 11.3. The van der Waals surface area contributed by atoms with Gasteiger partial charge >= 0.3 is 24.3 Å². The van der Waals surface area contributed by atoms with Gasteiger partial charge in [0, 0.05) is 23.5 Å². The maximum atomic E-state index is 10.6. The van der Waals surface area contributed by atoms with E-state index < -0.39 is 24.3 Å². The summed E-state index contributed by atoms with van der Waals surface area (Å²) in [7, 11) is 1.52. The third-order valence-electron chi connectivity index (χ3n) is 5.28.